The van der Waals surface area contributed by atoms with E-state index in [2.05, 4.69) is 0 Å². The predicted octanol–water partition coefficient (Wildman–Crippen LogP) is 4.53. The van der Waals surface area contributed by atoms with E-state index in [1.807, 2.05) is 30.3 Å². The number of benzene rings is 2. The Morgan fingerprint density at radius 3 is 2.28 bits per heavy atom. The molecule has 2 rings (SSSR count). The summed E-state index contributed by atoms with van der Waals surface area (Å²) in [5.74, 6) is -1.07. The van der Waals surface area contributed by atoms with Gasteiger partial charge in [0.2, 0.25) is 0 Å². The average Bonchev–Trinajstić information content (AvgIpc) is 2.41. The molecule has 18 heavy (non-hydrogen) atoms. The van der Waals surface area contributed by atoms with E-state index >= 15 is 0 Å². The molecule has 0 aliphatic rings. The SMILES string of the molecule is Fc1ccc(CC(CCl)c2ccccc2)cc1F. The molecule has 0 radical (unpaired) electrons. The number of halogens is 3. The molecule has 94 valence electrons. The normalized spacial score (nSPS) is 12.4. The molecule has 0 heterocycles. The van der Waals surface area contributed by atoms with E-state index in [1.165, 1.54) is 6.07 Å². The van der Waals surface area contributed by atoms with E-state index in [0.717, 1.165) is 17.2 Å². The van der Waals surface area contributed by atoms with Gasteiger partial charge < -0.3 is 0 Å². The van der Waals surface area contributed by atoms with Crippen molar-refractivity contribution in [3.63, 3.8) is 0 Å². The molecule has 0 aliphatic carbocycles. The fraction of sp³-hybridized carbons (Fsp3) is 0.200. The summed E-state index contributed by atoms with van der Waals surface area (Å²) in [4.78, 5) is 0. The van der Waals surface area contributed by atoms with Crippen LogP contribution in [0.5, 0.6) is 0 Å². The van der Waals surface area contributed by atoms with Gasteiger partial charge in [0.1, 0.15) is 0 Å². The Labute approximate surface area is 110 Å². The molecule has 0 saturated carbocycles. The molecule has 1 atom stereocenters. The third-order valence-corrected chi connectivity index (χ3v) is 3.30. The molecule has 0 bridgehead atoms. The van der Waals surface area contributed by atoms with Crippen LogP contribution in [0.2, 0.25) is 0 Å². The van der Waals surface area contributed by atoms with Gasteiger partial charge in [-0.3, -0.25) is 0 Å². The first-order valence-electron chi connectivity index (χ1n) is 5.75. The van der Waals surface area contributed by atoms with Gasteiger partial charge in [-0.15, -0.1) is 11.6 Å². The van der Waals surface area contributed by atoms with Crippen molar-refractivity contribution < 1.29 is 8.78 Å². The molecule has 0 fully saturated rings. The average molecular weight is 267 g/mol. The van der Waals surface area contributed by atoms with Crippen molar-refractivity contribution in [3.05, 3.63) is 71.3 Å². The molecule has 0 amide bonds. The van der Waals surface area contributed by atoms with Crippen LogP contribution in [-0.4, -0.2) is 5.88 Å². The van der Waals surface area contributed by atoms with E-state index < -0.39 is 11.6 Å². The lowest BCUT2D eigenvalue weighted by molar-refractivity contribution is 0.506. The van der Waals surface area contributed by atoms with Gasteiger partial charge in [-0.1, -0.05) is 36.4 Å². The highest BCUT2D eigenvalue weighted by Gasteiger charge is 2.12. The van der Waals surface area contributed by atoms with Gasteiger partial charge in [0.25, 0.3) is 0 Å². The Morgan fingerprint density at radius 2 is 1.67 bits per heavy atom. The first-order chi connectivity index (χ1) is 8.70. The lowest BCUT2D eigenvalue weighted by Crippen LogP contribution is -2.05. The van der Waals surface area contributed by atoms with Crippen molar-refractivity contribution in [1.82, 2.24) is 0 Å². The van der Waals surface area contributed by atoms with Crippen LogP contribution in [0, 0.1) is 11.6 Å². The number of hydrogen-bond donors (Lipinski definition) is 0. The third kappa shape index (κ3) is 3.08. The number of rotatable bonds is 4. The summed E-state index contributed by atoms with van der Waals surface area (Å²) in [6.07, 6.45) is 0.602. The molecule has 1 unspecified atom stereocenters. The zero-order valence-electron chi connectivity index (χ0n) is 9.74. The third-order valence-electron chi connectivity index (χ3n) is 2.92. The van der Waals surface area contributed by atoms with E-state index in [9.17, 15) is 8.78 Å². The highest BCUT2D eigenvalue weighted by atomic mass is 35.5. The van der Waals surface area contributed by atoms with Gasteiger partial charge >= 0.3 is 0 Å². The number of alkyl halides is 1. The fourth-order valence-corrected chi connectivity index (χ4v) is 2.23. The minimum atomic E-state index is -0.819. The van der Waals surface area contributed by atoms with Gasteiger partial charge in [0, 0.05) is 11.8 Å². The molecule has 0 aromatic heterocycles. The summed E-state index contributed by atoms with van der Waals surface area (Å²) in [5.41, 5.74) is 1.86. The maximum absolute atomic E-state index is 13.1. The summed E-state index contributed by atoms with van der Waals surface area (Å²) >= 11 is 5.96. The van der Waals surface area contributed by atoms with Crippen LogP contribution in [0.3, 0.4) is 0 Å². The molecule has 0 aliphatic heterocycles. The minimum absolute atomic E-state index is 0.109. The Morgan fingerprint density at radius 1 is 0.944 bits per heavy atom. The van der Waals surface area contributed by atoms with E-state index in [-0.39, 0.29) is 5.92 Å². The van der Waals surface area contributed by atoms with E-state index in [0.29, 0.717) is 12.3 Å². The van der Waals surface area contributed by atoms with Gasteiger partial charge in [-0.2, -0.15) is 0 Å². The van der Waals surface area contributed by atoms with Crippen molar-refractivity contribution >= 4 is 11.6 Å². The summed E-state index contributed by atoms with van der Waals surface area (Å²) in [7, 11) is 0. The predicted molar refractivity (Wildman–Crippen MR) is 70.0 cm³/mol. The minimum Gasteiger partial charge on any atom is -0.204 e. The fourth-order valence-electron chi connectivity index (χ4n) is 1.94. The highest BCUT2D eigenvalue weighted by Crippen LogP contribution is 2.23. The smallest absolute Gasteiger partial charge is 0.159 e. The first-order valence-corrected chi connectivity index (χ1v) is 6.29. The Kier molecular flexibility index (Phi) is 4.32. The van der Waals surface area contributed by atoms with Crippen molar-refractivity contribution in [2.24, 2.45) is 0 Å². The van der Waals surface area contributed by atoms with Crippen LogP contribution in [-0.2, 0) is 6.42 Å². The lowest BCUT2D eigenvalue weighted by Gasteiger charge is -2.14. The van der Waals surface area contributed by atoms with Gasteiger partial charge in [-0.05, 0) is 29.7 Å². The van der Waals surface area contributed by atoms with Gasteiger partial charge in [0.05, 0.1) is 0 Å². The maximum Gasteiger partial charge on any atom is 0.159 e. The van der Waals surface area contributed by atoms with E-state index in [4.69, 9.17) is 11.6 Å². The van der Waals surface area contributed by atoms with Crippen LogP contribution in [0.1, 0.15) is 17.0 Å². The second-order valence-electron chi connectivity index (χ2n) is 4.21. The maximum atomic E-state index is 13.1. The second-order valence-corrected chi connectivity index (χ2v) is 4.52. The van der Waals surface area contributed by atoms with Crippen molar-refractivity contribution in [2.45, 2.75) is 12.3 Å². The molecule has 0 N–H and O–H groups in total. The zero-order valence-corrected chi connectivity index (χ0v) is 10.5. The summed E-state index contributed by atoms with van der Waals surface area (Å²) in [6.45, 7) is 0. The van der Waals surface area contributed by atoms with Crippen LogP contribution < -0.4 is 0 Å². The molecular formula is C15H13ClF2. The van der Waals surface area contributed by atoms with Crippen LogP contribution in [0.15, 0.2) is 48.5 Å². The number of hydrogen-bond acceptors (Lipinski definition) is 0. The van der Waals surface area contributed by atoms with Gasteiger partial charge in [0.15, 0.2) is 11.6 Å². The second kappa shape index (κ2) is 5.96. The van der Waals surface area contributed by atoms with Crippen LogP contribution >= 0.6 is 11.6 Å². The molecule has 0 spiro atoms. The molecule has 2 aromatic carbocycles. The molecule has 2 aromatic rings. The molecule has 3 heteroatoms. The first kappa shape index (κ1) is 13.0. The van der Waals surface area contributed by atoms with E-state index in [1.54, 1.807) is 6.07 Å². The van der Waals surface area contributed by atoms with Gasteiger partial charge in [-0.25, -0.2) is 8.78 Å². The van der Waals surface area contributed by atoms with Crippen molar-refractivity contribution in [3.8, 4) is 0 Å². The van der Waals surface area contributed by atoms with Crippen LogP contribution in [0.4, 0.5) is 8.78 Å². The van der Waals surface area contributed by atoms with Crippen molar-refractivity contribution in [1.29, 1.82) is 0 Å². The summed E-state index contributed by atoms with van der Waals surface area (Å²) in [6, 6.07) is 13.8. The largest absolute Gasteiger partial charge is 0.204 e. The standard InChI is InChI=1S/C15H13ClF2/c16-10-13(12-4-2-1-3-5-12)8-11-6-7-14(17)15(18)9-11/h1-7,9,13H,8,10H2. The van der Waals surface area contributed by atoms with Crippen LogP contribution in [0.25, 0.3) is 0 Å². The molecular weight excluding hydrogens is 254 g/mol. The summed E-state index contributed by atoms with van der Waals surface area (Å²) in [5, 5.41) is 0. The zero-order chi connectivity index (χ0) is 13.0. The molecule has 0 nitrogen and oxygen atoms in total. The topological polar surface area (TPSA) is 0 Å². The summed E-state index contributed by atoms with van der Waals surface area (Å²) < 4.78 is 26.0. The monoisotopic (exact) mass is 266 g/mol. The Hall–Kier alpha value is -1.41. The molecule has 0 saturated heterocycles. The Balaban J connectivity index is 2.18. The van der Waals surface area contributed by atoms with Crippen molar-refractivity contribution in [2.75, 3.05) is 5.88 Å². The quantitative estimate of drug-likeness (QED) is 0.713. The lowest BCUT2D eigenvalue weighted by atomic mass is 9.93. The highest BCUT2D eigenvalue weighted by molar-refractivity contribution is 6.18. The Bertz CT molecular complexity index is 511.